The summed E-state index contributed by atoms with van der Waals surface area (Å²) in [5.74, 6) is 0.840. The van der Waals surface area contributed by atoms with Gasteiger partial charge in [0.2, 0.25) is 0 Å². The first-order chi connectivity index (χ1) is 10.1. The molecule has 3 unspecified atom stereocenters. The zero-order valence-corrected chi connectivity index (χ0v) is 16.3. The summed E-state index contributed by atoms with van der Waals surface area (Å²) in [7, 11) is 0. The van der Waals surface area contributed by atoms with Crippen LogP contribution in [0.25, 0.3) is 0 Å². The molecule has 2 aliphatic rings. The Labute approximate surface area is 151 Å². The Morgan fingerprint density at radius 1 is 1.27 bits per heavy atom. The lowest BCUT2D eigenvalue weighted by atomic mass is 9.73. The third-order valence-electron chi connectivity index (χ3n) is 4.74. The van der Waals surface area contributed by atoms with Crippen molar-refractivity contribution in [2.24, 2.45) is 10.4 Å². The first kappa shape index (κ1) is 20.0. The predicted molar refractivity (Wildman–Crippen MR) is 101 cm³/mol. The molecule has 1 saturated carbocycles. The van der Waals surface area contributed by atoms with Crippen molar-refractivity contribution in [2.45, 2.75) is 64.6 Å². The number of halogens is 1. The second kappa shape index (κ2) is 9.93. The van der Waals surface area contributed by atoms with E-state index in [-0.39, 0.29) is 35.5 Å². The van der Waals surface area contributed by atoms with Crippen molar-refractivity contribution in [3.05, 3.63) is 0 Å². The molecule has 0 amide bonds. The molecule has 1 heterocycles. The smallest absolute Gasteiger partial charge is 0.191 e. The number of hydrogen-bond donors (Lipinski definition) is 3. The van der Waals surface area contributed by atoms with Gasteiger partial charge in [0.25, 0.3) is 0 Å². The van der Waals surface area contributed by atoms with Crippen molar-refractivity contribution in [1.29, 1.82) is 0 Å². The number of nitrogens with zero attached hydrogens (tertiary/aromatic N) is 1. The minimum Gasteiger partial charge on any atom is -0.392 e. The van der Waals surface area contributed by atoms with Crippen LogP contribution in [-0.2, 0) is 4.74 Å². The van der Waals surface area contributed by atoms with E-state index in [1.165, 1.54) is 6.42 Å². The fraction of sp³-hybridized carbons (Fsp3) is 0.938. The fourth-order valence-corrected chi connectivity index (χ4v) is 3.18. The van der Waals surface area contributed by atoms with Crippen LogP contribution in [0.5, 0.6) is 0 Å². The Bertz CT molecular complexity index is 348. The zero-order chi connectivity index (χ0) is 15.1. The van der Waals surface area contributed by atoms with Crippen LogP contribution in [-0.4, -0.2) is 49.5 Å². The minimum absolute atomic E-state index is 0. The highest BCUT2D eigenvalue weighted by atomic mass is 127. The Kier molecular flexibility index (Phi) is 9.01. The van der Waals surface area contributed by atoms with Gasteiger partial charge in [-0.1, -0.05) is 19.8 Å². The number of hydrogen-bond acceptors (Lipinski definition) is 3. The van der Waals surface area contributed by atoms with Gasteiger partial charge in [-0.05, 0) is 32.6 Å². The van der Waals surface area contributed by atoms with Gasteiger partial charge >= 0.3 is 0 Å². The van der Waals surface area contributed by atoms with Crippen molar-refractivity contribution >= 4 is 29.9 Å². The van der Waals surface area contributed by atoms with Gasteiger partial charge < -0.3 is 20.5 Å². The van der Waals surface area contributed by atoms with Crippen molar-refractivity contribution in [2.75, 3.05) is 26.2 Å². The molecule has 0 aromatic carbocycles. The van der Waals surface area contributed by atoms with Gasteiger partial charge in [0.1, 0.15) is 0 Å². The summed E-state index contributed by atoms with van der Waals surface area (Å²) >= 11 is 0. The molecule has 2 fully saturated rings. The standard InChI is InChI=1S/C16H31N3O2.HI/c1-3-17-15(18-11-13-7-6-10-21-13)19-12-16(2)9-5-4-8-14(16)20;/h13-14,20H,3-12H2,1-2H3,(H2,17,18,19);1H. The maximum Gasteiger partial charge on any atom is 0.191 e. The van der Waals surface area contributed by atoms with Crippen molar-refractivity contribution in [3.63, 3.8) is 0 Å². The molecule has 0 radical (unpaired) electrons. The number of aliphatic hydroxyl groups excluding tert-OH is 1. The monoisotopic (exact) mass is 425 g/mol. The van der Waals surface area contributed by atoms with Crippen LogP contribution in [0.15, 0.2) is 4.99 Å². The summed E-state index contributed by atoms with van der Waals surface area (Å²) in [6, 6.07) is 0. The van der Waals surface area contributed by atoms with Crippen LogP contribution in [0.4, 0.5) is 0 Å². The second-order valence-corrected chi connectivity index (χ2v) is 6.63. The quantitative estimate of drug-likeness (QED) is 0.359. The van der Waals surface area contributed by atoms with Gasteiger partial charge in [-0.25, -0.2) is 0 Å². The van der Waals surface area contributed by atoms with E-state index < -0.39 is 0 Å². The van der Waals surface area contributed by atoms with Crippen molar-refractivity contribution in [3.8, 4) is 0 Å². The molecule has 6 heteroatoms. The van der Waals surface area contributed by atoms with Crippen LogP contribution in [0.1, 0.15) is 52.4 Å². The summed E-state index contributed by atoms with van der Waals surface area (Å²) in [5.41, 5.74) is -0.0789. The van der Waals surface area contributed by atoms with Gasteiger partial charge in [-0.15, -0.1) is 24.0 Å². The van der Waals surface area contributed by atoms with E-state index in [0.29, 0.717) is 12.6 Å². The predicted octanol–water partition coefficient (Wildman–Crippen LogP) is 2.28. The molecule has 22 heavy (non-hydrogen) atoms. The largest absolute Gasteiger partial charge is 0.392 e. The van der Waals surface area contributed by atoms with Gasteiger partial charge in [-0.3, -0.25) is 4.99 Å². The van der Waals surface area contributed by atoms with Gasteiger partial charge in [-0.2, -0.15) is 0 Å². The van der Waals surface area contributed by atoms with Crippen LogP contribution in [0.3, 0.4) is 0 Å². The molecule has 0 aromatic heterocycles. The van der Waals surface area contributed by atoms with Crippen LogP contribution >= 0.6 is 24.0 Å². The molecule has 2 rings (SSSR count). The van der Waals surface area contributed by atoms with Crippen molar-refractivity contribution in [1.82, 2.24) is 10.6 Å². The summed E-state index contributed by atoms with van der Waals surface area (Å²) < 4.78 is 5.63. The van der Waals surface area contributed by atoms with E-state index >= 15 is 0 Å². The number of ether oxygens (including phenoxy) is 1. The number of nitrogens with one attached hydrogen (secondary N) is 2. The van der Waals surface area contributed by atoms with E-state index in [0.717, 1.165) is 57.8 Å². The average Bonchev–Trinajstić information content (AvgIpc) is 2.99. The van der Waals surface area contributed by atoms with Crippen LogP contribution < -0.4 is 10.6 Å². The Morgan fingerprint density at radius 2 is 2.09 bits per heavy atom. The second-order valence-electron chi connectivity index (χ2n) is 6.63. The first-order valence-corrected chi connectivity index (χ1v) is 8.46. The SMILES string of the molecule is CCNC(=NCC1(C)CCCCC1O)NCC1CCCO1.I. The number of rotatable bonds is 5. The highest BCUT2D eigenvalue weighted by Gasteiger charge is 2.35. The molecular formula is C16H32IN3O2. The van der Waals surface area contributed by atoms with E-state index in [1.807, 2.05) is 0 Å². The highest BCUT2D eigenvalue weighted by Crippen LogP contribution is 2.36. The summed E-state index contributed by atoms with van der Waals surface area (Å²) in [5, 5.41) is 16.9. The van der Waals surface area contributed by atoms with E-state index in [9.17, 15) is 5.11 Å². The van der Waals surface area contributed by atoms with Crippen molar-refractivity contribution < 1.29 is 9.84 Å². The van der Waals surface area contributed by atoms with Gasteiger partial charge in [0.05, 0.1) is 18.8 Å². The molecule has 0 aromatic rings. The van der Waals surface area contributed by atoms with Gasteiger partial charge in [0, 0.05) is 25.1 Å². The van der Waals surface area contributed by atoms with E-state index in [4.69, 9.17) is 9.73 Å². The molecule has 1 saturated heterocycles. The molecule has 3 N–H and O–H groups in total. The lowest BCUT2D eigenvalue weighted by Crippen LogP contribution is -2.43. The third kappa shape index (κ3) is 5.85. The lowest BCUT2D eigenvalue weighted by Gasteiger charge is -2.37. The molecule has 5 nitrogen and oxygen atoms in total. The highest BCUT2D eigenvalue weighted by molar-refractivity contribution is 14.0. The number of aliphatic hydroxyl groups is 1. The molecule has 130 valence electrons. The van der Waals surface area contributed by atoms with E-state index in [2.05, 4.69) is 24.5 Å². The Hall–Kier alpha value is -0.0800. The van der Waals surface area contributed by atoms with Crippen LogP contribution in [0.2, 0.25) is 0 Å². The van der Waals surface area contributed by atoms with E-state index in [1.54, 1.807) is 0 Å². The molecule has 1 aliphatic carbocycles. The maximum absolute atomic E-state index is 10.2. The third-order valence-corrected chi connectivity index (χ3v) is 4.74. The fourth-order valence-electron chi connectivity index (χ4n) is 3.18. The zero-order valence-electron chi connectivity index (χ0n) is 13.9. The number of guanidine groups is 1. The van der Waals surface area contributed by atoms with Crippen LogP contribution in [0, 0.1) is 5.41 Å². The first-order valence-electron chi connectivity index (χ1n) is 8.46. The minimum atomic E-state index is -0.226. The Balaban J connectivity index is 0.00000242. The summed E-state index contributed by atoms with van der Waals surface area (Å²) in [6.07, 6.45) is 6.67. The molecule has 1 aliphatic heterocycles. The molecule has 0 bridgehead atoms. The summed E-state index contributed by atoms with van der Waals surface area (Å²) in [4.78, 5) is 4.70. The topological polar surface area (TPSA) is 65.9 Å². The summed E-state index contributed by atoms with van der Waals surface area (Å²) in [6.45, 7) is 7.44. The normalized spacial score (nSPS) is 32.4. The lowest BCUT2D eigenvalue weighted by molar-refractivity contribution is 0.00715. The molecule has 0 spiro atoms. The maximum atomic E-state index is 10.2. The Morgan fingerprint density at radius 3 is 2.73 bits per heavy atom. The molecule has 3 atom stereocenters. The number of aliphatic imine (C=N–C) groups is 1. The van der Waals surface area contributed by atoms with Gasteiger partial charge in [0.15, 0.2) is 5.96 Å². The average molecular weight is 425 g/mol. The molecular weight excluding hydrogens is 393 g/mol.